The maximum Gasteiger partial charge on any atom is 0.270 e. The van der Waals surface area contributed by atoms with Crippen LogP contribution in [0.5, 0.6) is 0 Å². The van der Waals surface area contributed by atoms with Crippen LogP contribution in [0.4, 0.5) is 5.69 Å². The van der Waals surface area contributed by atoms with Crippen LogP contribution in [0.15, 0.2) is 42.6 Å². The van der Waals surface area contributed by atoms with Crippen LogP contribution < -0.4 is 0 Å². The van der Waals surface area contributed by atoms with Crippen LogP contribution in [-0.2, 0) is 0 Å². The molecule has 1 aliphatic rings. The number of aromatic nitrogens is 3. The second kappa shape index (κ2) is 7.22. The molecule has 1 saturated heterocycles. The molecular formula is C18H16IN5O3. The van der Waals surface area contributed by atoms with Crippen LogP contribution in [0, 0.1) is 13.7 Å². The van der Waals surface area contributed by atoms with E-state index >= 15 is 0 Å². The normalized spacial score (nSPS) is 15.2. The van der Waals surface area contributed by atoms with Gasteiger partial charge in [0.2, 0.25) is 0 Å². The van der Waals surface area contributed by atoms with E-state index in [4.69, 9.17) is 0 Å². The van der Waals surface area contributed by atoms with Crippen molar-refractivity contribution in [1.82, 2.24) is 19.5 Å². The third kappa shape index (κ3) is 3.38. The first-order chi connectivity index (χ1) is 13.0. The second-order valence-corrected chi connectivity index (χ2v) is 7.64. The first kappa shape index (κ1) is 17.8. The van der Waals surface area contributed by atoms with Gasteiger partial charge in [-0.2, -0.15) is 0 Å². The highest BCUT2D eigenvalue weighted by atomic mass is 127. The Hall–Kier alpha value is -2.56. The van der Waals surface area contributed by atoms with Crippen molar-refractivity contribution in [2.24, 2.45) is 0 Å². The first-order valence-corrected chi connectivity index (χ1v) is 9.65. The molecule has 0 aliphatic carbocycles. The molecule has 0 spiro atoms. The summed E-state index contributed by atoms with van der Waals surface area (Å²) < 4.78 is 2.71. The maximum atomic E-state index is 12.9. The van der Waals surface area contributed by atoms with Gasteiger partial charge in [-0.15, -0.1) is 10.2 Å². The molecule has 1 amide bonds. The number of likely N-dealkylation sites (tertiary alicyclic amines) is 1. The molecule has 4 rings (SSSR count). The lowest BCUT2D eigenvalue weighted by atomic mass is 9.95. The monoisotopic (exact) mass is 477 g/mol. The Kier molecular flexibility index (Phi) is 4.77. The van der Waals surface area contributed by atoms with Gasteiger partial charge in [-0.3, -0.25) is 19.3 Å². The number of nitro groups is 1. The van der Waals surface area contributed by atoms with E-state index in [1.807, 2.05) is 51.4 Å². The number of pyridine rings is 1. The summed E-state index contributed by atoms with van der Waals surface area (Å²) in [6.45, 7) is 1.17. The van der Waals surface area contributed by atoms with Crippen LogP contribution in [0.25, 0.3) is 5.65 Å². The van der Waals surface area contributed by atoms with Gasteiger partial charge in [0.1, 0.15) is 5.82 Å². The first-order valence-electron chi connectivity index (χ1n) is 8.57. The number of nitro benzene ring substituents is 1. The minimum Gasteiger partial charge on any atom is -0.339 e. The van der Waals surface area contributed by atoms with Crippen molar-refractivity contribution in [3.8, 4) is 0 Å². The number of hydrogen-bond donors (Lipinski definition) is 0. The average molecular weight is 477 g/mol. The van der Waals surface area contributed by atoms with E-state index in [0.717, 1.165) is 24.3 Å². The van der Waals surface area contributed by atoms with E-state index < -0.39 is 4.92 Å². The number of halogens is 1. The van der Waals surface area contributed by atoms with Crippen LogP contribution in [0.1, 0.15) is 34.9 Å². The average Bonchev–Trinajstić information content (AvgIpc) is 3.12. The molecule has 1 fully saturated rings. The van der Waals surface area contributed by atoms with Crippen molar-refractivity contribution in [2.75, 3.05) is 13.1 Å². The van der Waals surface area contributed by atoms with Gasteiger partial charge in [-0.05, 0) is 53.6 Å². The van der Waals surface area contributed by atoms with E-state index in [9.17, 15) is 14.9 Å². The van der Waals surface area contributed by atoms with E-state index in [-0.39, 0.29) is 17.5 Å². The van der Waals surface area contributed by atoms with Gasteiger partial charge in [0.15, 0.2) is 5.65 Å². The van der Waals surface area contributed by atoms with Crippen LogP contribution in [0.3, 0.4) is 0 Å². The lowest BCUT2D eigenvalue weighted by molar-refractivity contribution is -0.384. The SMILES string of the molecule is O=C(c1cc([N+](=O)[O-])ccc1I)N1CCC(c2nnc3ccccn23)CC1. The summed E-state index contributed by atoms with van der Waals surface area (Å²) in [5.74, 6) is 0.992. The predicted octanol–water partition coefficient (Wildman–Crippen LogP) is 3.26. The maximum absolute atomic E-state index is 12.9. The summed E-state index contributed by atoms with van der Waals surface area (Å²) in [7, 11) is 0. The minimum absolute atomic E-state index is 0.0661. The van der Waals surface area contributed by atoms with Gasteiger partial charge >= 0.3 is 0 Å². The standard InChI is InChI=1S/C18H16IN5O3/c19-15-5-4-13(24(26)27)11-14(15)18(25)22-9-6-12(7-10-22)17-21-20-16-3-1-2-8-23(16)17/h1-5,8,11-12H,6-7,9-10H2. The summed E-state index contributed by atoms with van der Waals surface area (Å²) in [4.78, 5) is 25.2. The number of piperidine rings is 1. The molecule has 138 valence electrons. The summed E-state index contributed by atoms with van der Waals surface area (Å²) in [6, 6.07) is 10.2. The molecule has 8 nitrogen and oxygen atoms in total. The van der Waals surface area contributed by atoms with E-state index in [1.165, 1.54) is 12.1 Å². The summed E-state index contributed by atoms with van der Waals surface area (Å²) in [5.41, 5.74) is 1.14. The predicted molar refractivity (Wildman–Crippen MR) is 107 cm³/mol. The number of carbonyl (C=O) groups excluding carboxylic acids is 1. The number of rotatable bonds is 3. The number of carbonyl (C=O) groups is 1. The summed E-state index contributed by atoms with van der Waals surface area (Å²) >= 11 is 2.04. The number of fused-ring (bicyclic) bond motifs is 1. The number of non-ortho nitro benzene ring substituents is 1. The zero-order valence-corrected chi connectivity index (χ0v) is 16.4. The zero-order chi connectivity index (χ0) is 19.0. The lowest BCUT2D eigenvalue weighted by Crippen LogP contribution is -2.38. The molecule has 3 heterocycles. The van der Waals surface area contributed by atoms with Crippen molar-refractivity contribution in [1.29, 1.82) is 0 Å². The number of benzene rings is 1. The third-order valence-corrected chi connectivity index (χ3v) is 5.82. The quantitative estimate of drug-likeness (QED) is 0.328. The van der Waals surface area contributed by atoms with Gasteiger partial charge in [0.25, 0.3) is 11.6 Å². The van der Waals surface area contributed by atoms with Gasteiger partial charge in [0, 0.05) is 40.9 Å². The lowest BCUT2D eigenvalue weighted by Gasteiger charge is -2.31. The van der Waals surface area contributed by atoms with Gasteiger partial charge < -0.3 is 4.90 Å². The molecule has 9 heteroatoms. The fraction of sp³-hybridized carbons (Fsp3) is 0.278. The molecule has 0 saturated carbocycles. The van der Waals surface area contributed by atoms with Crippen molar-refractivity contribution in [2.45, 2.75) is 18.8 Å². The van der Waals surface area contributed by atoms with Gasteiger partial charge in [-0.25, -0.2) is 0 Å². The molecule has 1 aromatic carbocycles. The van der Waals surface area contributed by atoms with Crippen LogP contribution in [0.2, 0.25) is 0 Å². The van der Waals surface area contributed by atoms with Crippen molar-refractivity contribution < 1.29 is 9.72 Å². The van der Waals surface area contributed by atoms with Crippen molar-refractivity contribution in [3.63, 3.8) is 0 Å². The summed E-state index contributed by atoms with van der Waals surface area (Å²) in [5, 5.41) is 19.5. The Labute approximate surface area is 168 Å². The molecule has 0 unspecified atom stereocenters. The van der Waals surface area contributed by atoms with E-state index in [2.05, 4.69) is 10.2 Å². The zero-order valence-electron chi connectivity index (χ0n) is 14.3. The molecule has 0 radical (unpaired) electrons. The molecule has 3 aromatic rings. The molecule has 2 aromatic heterocycles. The highest BCUT2D eigenvalue weighted by molar-refractivity contribution is 14.1. The molecule has 0 bridgehead atoms. The summed E-state index contributed by atoms with van der Waals surface area (Å²) in [6.07, 6.45) is 3.52. The Morgan fingerprint density at radius 3 is 2.70 bits per heavy atom. The highest BCUT2D eigenvalue weighted by Gasteiger charge is 2.28. The molecule has 0 N–H and O–H groups in total. The van der Waals surface area contributed by atoms with Gasteiger partial charge in [-0.1, -0.05) is 6.07 Å². The van der Waals surface area contributed by atoms with E-state index in [0.29, 0.717) is 22.2 Å². The molecule has 1 aliphatic heterocycles. The molecule has 27 heavy (non-hydrogen) atoms. The van der Waals surface area contributed by atoms with Crippen LogP contribution in [-0.4, -0.2) is 43.4 Å². The largest absolute Gasteiger partial charge is 0.339 e. The van der Waals surface area contributed by atoms with Crippen LogP contribution >= 0.6 is 22.6 Å². The van der Waals surface area contributed by atoms with Crippen molar-refractivity contribution >= 4 is 39.8 Å². The van der Waals surface area contributed by atoms with Crippen molar-refractivity contribution in [3.05, 3.63) is 67.7 Å². The third-order valence-electron chi connectivity index (χ3n) is 4.88. The van der Waals surface area contributed by atoms with E-state index in [1.54, 1.807) is 11.0 Å². The Bertz CT molecular complexity index is 1030. The topological polar surface area (TPSA) is 93.6 Å². The number of hydrogen-bond acceptors (Lipinski definition) is 5. The fourth-order valence-electron chi connectivity index (χ4n) is 3.44. The Balaban J connectivity index is 1.50. The fourth-order valence-corrected chi connectivity index (χ4v) is 4.01. The Morgan fingerprint density at radius 2 is 1.96 bits per heavy atom. The number of nitrogens with zero attached hydrogens (tertiary/aromatic N) is 5. The Morgan fingerprint density at radius 1 is 1.19 bits per heavy atom. The minimum atomic E-state index is -0.477. The number of amides is 1. The highest BCUT2D eigenvalue weighted by Crippen LogP contribution is 2.29. The smallest absolute Gasteiger partial charge is 0.270 e. The second-order valence-electron chi connectivity index (χ2n) is 6.47. The van der Waals surface area contributed by atoms with Gasteiger partial charge in [0.05, 0.1) is 10.5 Å². The molecular weight excluding hydrogens is 461 g/mol. The molecule has 0 atom stereocenters.